The Kier molecular flexibility index (Phi) is 8.59. The number of carbonyl (C=O) groups excluding carboxylic acids is 1. The number of sulfonamides is 1. The fraction of sp³-hybridized carbons (Fsp3) is 0.345. The maximum absolute atomic E-state index is 13.8. The maximum atomic E-state index is 13.8. The van der Waals surface area contributed by atoms with Crippen LogP contribution >= 0.6 is 0 Å². The standard InChI is InChI=1S/C29H32N2O7S/c32-22-18-31(39(34,35)26-14-11-24(12-15-26)37-23-9-5-2-6-10-23)27-16-13-25(38-28(27)20-36-19-22)17-29(33)30-21-7-3-1-4-8-21/h1-12,14-15,22,25,27-28,32H,13,16-20H2,(H,30,33)/t22-,25+,27-,28+/m1/s1. The summed E-state index contributed by atoms with van der Waals surface area (Å²) in [5.41, 5.74) is 0.705. The van der Waals surface area contributed by atoms with E-state index in [4.69, 9.17) is 14.2 Å². The monoisotopic (exact) mass is 552 g/mol. The van der Waals surface area contributed by atoms with E-state index >= 15 is 0 Å². The number of aliphatic hydroxyl groups excluding tert-OH is 1. The third kappa shape index (κ3) is 6.84. The van der Waals surface area contributed by atoms with Crippen molar-refractivity contribution in [1.29, 1.82) is 0 Å². The highest BCUT2D eigenvalue weighted by Crippen LogP contribution is 2.32. The molecule has 0 radical (unpaired) electrons. The molecule has 0 spiro atoms. The van der Waals surface area contributed by atoms with Crippen molar-refractivity contribution in [3.05, 3.63) is 84.9 Å². The van der Waals surface area contributed by atoms with Crippen LogP contribution in [0.5, 0.6) is 11.5 Å². The third-order valence-electron chi connectivity index (χ3n) is 6.81. The number of anilines is 1. The molecule has 0 aromatic heterocycles. The van der Waals surface area contributed by atoms with Crippen molar-refractivity contribution in [2.75, 3.05) is 25.1 Å². The zero-order valence-electron chi connectivity index (χ0n) is 21.4. The van der Waals surface area contributed by atoms with Gasteiger partial charge in [0.1, 0.15) is 11.5 Å². The number of benzene rings is 3. The number of para-hydroxylation sites is 2. The van der Waals surface area contributed by atoms with Gasteiger partial charge in [0, 0.05) is 12.2 Å². The van der Waals surface area contributed by atoms with Crippen molar-refractivity contribution < 1.29 is 32.5 Å². The number of amides is 1. The molecule has 9 nitrogen and oxygen atoms in total. The van der Waals surface area contributed by atoms with Gasteiger partial charge in [-0.2, -0.15) is 4.31 Å². The molecule has 1 amide bonds. The molecule has 2 aliphatic heterocycles. The molecular weight excluding hydrogens is 520 g/mol. The van der Waals surface area contributed by atoms with Crippen LogP contribution in [0.1, 0.15) is 19.3 Å². The van der Waals surface area contributed by atoms with Crippen molar-refractivity contribution in [1.82, 2.24) is 4.31 Å². The molecule has 0 saturated carbocycles. The Morgan fingerprint density at radius 2 is 1.59 bits per heavy atom. The van der Waals surface area contributed by atoms with Crippen LogP contribution in [-0.4, -0.2) is 67.8 Å². The average Bonchev–Trinajstić information content (AvgIpc) is 2.92. The van der Waals surface area contributed by atoms with E-state index in [2.05, 4.69) is 5.32 Å². The van der Waals surface area contributed by atoms with Crippen LogP contribution in [0.15, 0.2) is 89.8 Å². The van der Waals surface area contributed by atoms with Gasteiger partial charge in [-0.3, -0.25) is 4.79 Å². The van der Waals surface area contributed by atoms with E-state index in [9.17, 15) is 18.3 Å². The number of hydrogen-bond donors (Lipinski definition) is 2. The Morgan fingerprint density at radius 1 is 0.923 bits per heavy atom. The SMILES string of the molecule is O=C(C[C@@H]1CC[C@@H]2[C@H](COC[C@H](O)CN2S(=O)(=O)c2ccc(Oc3ccccc3)cc2)O1)Nc1ccccc1. The van der Waals surface area contributed by atoms with Crippen molar-refractivity contribution >= 4 is 21.6 Å². The number of fused-ring (bicyclic) bond motifs is 1. The summed E-state index contributed by atoms with van der Waals surface area (Å²) in [6, 6.07) is 24.1. The van der Waals surface area contributed by atoms with Gasteiger partial charge in [0.05, 0.1) is 48.9 Å². The minimum Gasteiger partial charge on any atom is -0.457 e. The predicted octanol–water partition coefficient (Wildman–Crippen LogP) is 3.81. The molecule has 10 heteroatoms. The van der Waals surface area contributed by atoms with E-state index in [1.54, 1.807) is 12.1 Å². The molecule has 0 aliphatic carbocycles. The summed E-state index contributed by atoms with van der Waals surface area (Å²) in [7, 11) is -3.97. The summed E-state index contributed by atoms with van der Waals surface area (Å²) < 4.78 is 46.6. The van der Waals surface area contributed by atoms with Crippen LogP contribution in [0, 0.1) is 0 Å². The summed E-state index contributed by atoms with van der Waals surface area (Å²) in [5, 5.41) is 13.3. The summed E-state index contributed by atoms with van der Waals surface area (Å²) in [5.74, 6) is 0.986. The normalized spacial score (nSPS) is 24.1. The van der Waals surface area contributed by atoms with Crippen molar-refractivity contribution in [3.8, 4) is 11.5 Å². The summed E-state index contributed by atoms with van der Waals surface area (Å²) in [4.78, 5) is 12.7. The van der Waals surface area contributed by atoms with Gasteiger partial charge in [0.15, 0.2) is 0 Å². The molecule has 2 aliphatic rings. The number of β-amino-alcohol motifs (C(OH)–C–C–N with tert-alkyl or cyclic N) is 1. The van der Waals surface area contributed by atoms with E-state index in [1.165, 1.54) is 16.4 Å². The Bertz CT molecular complexity index is 1340. The van der Waals surface area contributed by atoms with Gasteiger partial charge in [-0.1, -0.05) is 36.4 Å². The number of hydrogen-bond acceptors (Lipinski definition) is 7. The van der Waals surface area contributed by atoms with Crippen LogP contribution in [0.2, 0.25) is 0 Å². The smallest absolute Gasteiger partial charge is 0.243 e. The number of carbonyl (C=O) groups is 1. The van der Waals surface area contributed by atoms with E-state index in [0.29, 0.717) is 30.0 Å². The topological polar surface area (TPSA) is 114 Å². The lowest BCUT2D eigenvalue weighted by molar-refractivity contribution is -0.144. The van der Waals surface area contributed by atoms with Crippen LogP contribution in [-0.2, 0) is 24.3 Å². The molecule has 2 N–H and O–H groups in total. The second kappa shape index (κ2) is 12.3. The van der Waals surface area contributed by atoms with E-state index in [-0.39, 0.29) is 43.1 Å². The third-order valence-corrected chi connectivity index (χ3v) is 8.72. The molecule has 3 aromatic rings. The largest absolute Gasteiger partial charge is 0.457 e. The van der Waals surface area contributed by atoms with Gasteiger partial charge in [0.25, 0.3) is 0 Å². The molecule has 5 rings (SSSR count). The molecule has 4 atom stereocenters. The number of aliphatic hydroxyl groups is 1. The van der Waals surface area contributed by atoms with Gasteiger partial charge in [-0.05, 0) is 61.4 Å². The minimum absolute atomic E-state index is 0.0123. The van der Waals surface area contributed by atoms with Crippen molar-refractivity contribution in [2.24, 2.45) is 0 Å². The van der Waals surface area contributed by atoms with E-state index in [0.717, 1.165) is 0 Å². The average molecular weight is 553 g/mol. The highest BCUT2D eigenvalue weighted by Gasteiger charge is 2.43. The first kappa shape index (κ1) is 27.3. The highest BCUT2D eigenvalue weighted by molar-refractivity contribution is 7.89. The van der Waals surface area contributed by atoms with Crippen LogP contribution in [0.4, 0.5) is 5.69 Å². The summed E-state index contributed by atoms with van der Waals surface area (Å²) in [6.07, 6.45) is -0.807. The first-order valence-corrected chi connectivity index (χ1v) is 14.4. The lowest BCUT2D eigenvalue weighted by atomic mass is 9.96. The molecule has 0 unspecified atom stereocenters. The molecule has 39 heavy (non-hydrogen) atoms. The number of nitrogens with one attached hydrogen (secondary N) is 1. The number of nitrogens with zero attached hydrogens (tertiary/aromatic N) is 1. The van der Waals surface area contributed by atoms with Crippen LogP contribution in [0.25, 0.3) is 0 Å². The maximum Gasteiger partial charge on any atom is 0.243 e. The molecular formula is C29H32N2O7S. The van der Waals surface area contributed by atoms with Gasteiger partial charge >= 0.3 is 0 Å². The number of ether oxygens (including phenoxy) is 3. The summed E-state index contributed by atoms with van der Waals surface area (Å²) in [6.45, 7) is -0.00962. The van der Waals surface area contributed by atoms with Gasteiger partial charge < -0.3 is 24.6 Å². The zero-order chi connectivity index (χ0) is 27.2. The highest BCUT2D eigenvalue weighted by atomic mass is 32.2. The quantitative estimate of drug-likeness (QED) is 0.458. The lowest BCUT2D eigenvalue weighted by Crippen LogP contribution is -2.57. The molecule has 2 heterocycles. The first-order chi connectivity index (χ1) is 18.9. The fourth-order valence-electron chi connectivity index (χ4n) is 4.95. The predicted molar refractivity (Wildman–Crippen MR) is 145 cm³/mol. The first-order valence-electron chi connectivity index (χ1n) is 13.0. The Balaban J connectivity index is 1.29. The van der Waals surface area contributed by atoms with E-state index in [1.807, 2.05) is 60.7 Å². The molecule has 2 saturated heterocycles. The Labute approximate surface area is 228 Å². The van der Waals surface area contributed by atoms with Crippen LogP contribution < -0.4 is 10.1 Å². The van der Waals surface area contributed by atoms with Gasteiger partial charge in [0.2, 0.25) is 15.9 Å². The molecule has 206 valence electrons. The van der Waals surface area contributed by atoms with Gasteiger partial charge in [-0.15, -0.1) is 0 Å². The number of rotatable bonds is 7. The molecule has 0 bridgehead atoms. The molecule has 3 aromatic carbocycles. The minimum atomic E-state index is -3.97. The second-order valence-corrected chi connectivity index (χ2v) is 11.6. The fourth-order valence-corrected chi connectivity index (χ4v) is 6.67. The van der Waals surface area contributed by atoms with Crippen LogP contribution in [0.3, 0.4) is 0 Å². The molecule has 2 fully saturated rings. The summed E-state index contributed by atoms with van der Waals surface area (Å²) >= 11 is 0. The van der Waals surface area contributed by atoms with Gasteiger partial charge in [-0.25, -0.2) is 8.42 Å². The lowest BCUT2D eigenvalue weighted by Gasteiger charge is -2.43. The Hall–Kier alpha value is -3.28. The van der Waals surface area contributed by atoms with Crippen molar-refractivity contribution in [2.45, 2.75) is 48.5 Å². The van der Waals surface area contributed by atoms with Crippen molar-refractivity contribution in [3.63, 3.8) is 0 Å². The zero-order valence-corrected chi connectivity index (χ0v) is 22.2. The second-order valence-electron chi connectivity index (χ2n) is 9.71. The Morgan fingerprint density at radius 3 is 2.31 bits per heavy atom. The van der Waals surface area contributed by atoms with E-state index < -0.39 is 28.3 Å².